The molecule has 1 heterocycles. The number of nitrogens with zero attached hydrogens (tertiary/aromatic N) is 2. The van der Waals surface area contributed by atoms with E-state index in [4.69, 9.17) is 0 Å². The van der Waals surface area contributed by atoms with Crippen molar-refractivity contribution in [2.75, 3.05) is 23.9 Å². The van der Waals surface area contributed by atoms with Gasteiger partial charge in [-0.15, -0.1) is 0 Å². The molecule has 4 aliphatic carbocycles. The Kier molecular flexibility index (Phi) is 5.09. The lowest BCUT2D eigenvalue weighted by Gasteiger charge is -2.57. The molecule has 2 aromatic carbocycles. The third-order valence-corrected chi connectivity index (χ3v) is 8.60. The van der Waals surface area contributed by atoms with Crippen LogP contribution in [0.25, 0.3) is 6.08 Å². The first-order valence-corrected chi connectivity index (χ1v) is 12.6. The average Bonchev–Trinajstić information content (AvgIpc) is 2.81. The molecule has 0 atom stereocenters. The fourth-order valence-corrected chi connectivity index (χ4v) is 7.36. The summed E-state index contributed by atoms with van der Waals surface area (Å²) < 4.78 is 0. The van der Waals surface area contributed by atoms with Crippen molar-refractivity contribution in [1.29, 1.82) is 0 Å². The number of hydrogen-bond acceptors (Lipinski definition) is 4. The van der Waals surface area contributed by atoms with Gasteiger partial charge in [-0.1, -0.05) is 24.3 Å². The first-order valence-electron chi connectivity index (χ1n) is 12.6. The molecule has 1 N–H and O–H groups in total. The van der Waals surface area contributed by atoms with Crippen molar-refractivity contribution >= 4 is 35.3 Å². The zero-order chi connectivity index (χ0) is 24.3. The van der Waals surface area contributed by atoms with Gasteiger partial charge in [-0.3, -0.25) is 14.9 Å². The van der Waals surface area contributed by atoms with Gasteiger partial charge in [0.15, 0.2) is 0 Å². The quantitative estimate of drug-likeness (QED) is 0.512. The van der Waals surface area contributed by atoms with E-state index in [1.165, 1.54) is 44.1 Å². The minimum atomic E-state index is -0.706. The molecule has 2 aromatic rings. The molecule has 1 aliphatic heterocycles. The van der Waals surface area contributed by atoms with E-state index in [0.29, 0.717) is 5.69 Å². The number of anilines is 2. The third-order valence-electron chi connectivity index (χ3n) is 8.60. The maximum absolute atomic E-state index is 13.3. The first kappa shape index (κ1) is 22.1. The minimum absolute atomic E-state index is 0.0487. The van der Waals surface area contributed by atoms with Crippen LogP contribution in [-0.4, -0.2) is 31.9 Å². The van der Waals surface area contributed by atoms with Gasteiger partial charge >= 0.3 is 6.03 Å². The number of benzene rings is 2. The molecule has 180 valence electrons. The highest BCUT2D eigenvalue weighted by Gasteiger charge is 2.51. The molecule has 5 aliphatic rings. The Hall–Kier alpha value is -3.41. The molecule has 0 radical (unpaired) electrons. The van der Waals surface area contributed by atoms with E-state index >= 15 is 0 Å². The molecule has 35 heavy (non-hydrogen) atoms. The van der Waals surface area contributed by atoms with Crippen LogP contribution in [0.5, 0.6) is 0 Å². The summed E-state index contributed by atoms with van der Waals surface area (Å²) in [7, 11) is 3.90. The zero-order valence-corrected chi connectivity index (χ0v) is 20.3. The third kappa shape index (κ3) is 3.76. The summed E-state index contributed by atoms with van der Waals surface area (Å²) in [4.78, 5) is 41.6. The highest BCUT2D eigenvalue weighted by molar-refractivity contribution is 6.39. The number of imide groups is 2. The van der Waals surface area contributed by atoms with Crippen molar-refractivity contribution in [3.63, 3.8) is 0 Å². The largest absolute Gasteiger partial charge is 0.378 e. The van der Waals surface area contributed by atoms with Crippen molar-refractivity contribution in [2.24, 2.45) is 17.8 Å². The molecular formula is C29H31N3O3. The Morgan fingerprint density at radius 2 is 1.43 bits per heavy atom. The molecule has 0 aromatic heterocycles. The van der Waals surface area contributed by atoms with Crippen LogP contribution in [0.15, 0.2) is 54.1 Å². The lowest BCUT2D eigenvalue weighted by Crippen LogP contribution is -2.54. The van der Waals surface area contributed by atoms with E-state index in [-0.39, 0.29) is 11.0 Å². The molecule has 4 saturated carbocycles. The fraction of sp³-hybridized carbons (Fsp3) is 0.414. The van der Waals surface area contributed by atoms with Gasteiger partial charge in [0.25, 0.3) is 11.8 Å². The number of nitrogens with one attached hydrogen (secondary N) is 1. The van der Waals surface area contributed by atoms with Crippen LogP contribution < -0.4 is 15.1 Å². The lowest BCUT2D eigenvalue weighted by molar-refractivity contribution is -0.122. The van der Waals surface area contributed by atoms with Gasteiger partial charge in [0, 0.05) is 19.8 Å². The van der Waals surface area contributed by atoms with Crippen LogP contribution in [0.1, 0.15) is 49.7 Å². The van der Waals surface area contributed by atoms with Crippen LogP contribution in [0.3, 0.4) is 0 Å². The van der Waals surface area contributed by atoms with Gasteiger partial charge in [-0.2, -0.15) is 0 Å². The SMILES string of the molecule is CN(C)c1ccc(/C=C2/C(=O)NC(=O)N(c3ccc(C45CC6CC(CC(C6)C4)C5)cc3)C2=O)cc1. The molecule has 4 amide bonds. The van der Waals surface area contributed by atoms with Crippen LogP contribution >= 0.6 is 0 Å². The number of barbiturate groups is 1. The van der Waals surface area contributed by atoms with E-state index in [9.17, 15) is 14.4 Å². The summed E-state index contributed by atoms with van der Waals surface area (Å²) in [5.74, 6) is 1.28. The van der Waals surface area contributed by atoms with Gasteiger partial charge in [-0.05, 0) is 103 Å². The van der Waals surface area contributed by atoms with E-state index in [2.05, 4.69) is 17.4 Å². The summed E-state index contributed by atoms with van der Waals surface area (Å²) in [6.45, 7) is 0. The Balaban J connectivity index is 1.27. The van der Waals surface area contributed by atoms with E-state index in [1.54, 1.807) is 6.08 Å². The number of amides is 4. The Bertz CT molecular complexity index is 1190. The maximum atomic E-state index is 13.3. The van der Waals surface area contributed by atoms with E-state index < -0.39 is 17.8 Å². The van der Waals surface area contributed by atoms with Crippen molar-refractivity contribution in [2.45, 2.75) is 43.9 Å². The summed E-state index contributed by atoms with van der Waals surface area (Å²) in [6, 6.07) is 14.8. The number of rotatable bonds is 4. The molecule has 0 unspecified atom stereocenters. The second-order valence-corrected chi connectivity index (χ2v) is 11.2. The van der Waals surface area contributed by atoms with E-state index in [0.717, 1.165) is 33.9 Å². The number of hydrogen-bond donors (Lipinski definition) is 1. The highest BCUT2D eigenvalue weighted by atomic mass is 16.2. The Morgan fingerprint density at radius 1 is 0.857 bits per heavy atom. The molecule has 7 rings (SSSR count). The van der Waals surface area contributed by atoms with Crippen molar-refractivity contribution in [3.05, 3.63) is 65.2 Å². The summed E-state index contributed by atoms with van der Waals surface area (Å²) in [5, 5.41) is 2.33. The lowest BCUT2D eigenvalue weighted by atomic mass is 9.48. The second kappa shape index (κ2) is 8.08. The van der Waals surface area contributed by atoms with Crippen LogP contribution in [0, 0.1) is 17.8 Å². The second-order valence-electron chi connectivity index (χ2n) is 11.2. The topological polar surface area (TPSA) is 69.7 Å². The fourth-order valence-electron chi connectivity index (χ4n) is 7.36. The van der Waals surface area contributed by atoms with E-state index in [1.807, 2.05) is 55.4 Å². The van der Waals surface area contributed by atoms with Crippen LogP contribution in [0.2, 0.25) is 0 Å². The standard InChI is InChI=1S/C29H31N3O3/c1-31(2)23-7-3-18(4-8-23)14-25-26(33)30-28(35)32(27(25)34)24-9-5-22(6-10-24)29-15-19-11-20(16-29)13-21(12-19)17-29/h3-10,14,19-21H,11-13,15-17H2,1-2H3,(H,30,33,35)/b25-14-. The van der Waals surface area contributed by atoms with Gasteiger partial charge < -0.3 is 4.90 Å². The monoisotopic (exact) mass is 469 g/mol. The molecule has 4 bridgehead atoms. The predicted octanol–water partition coefficient (Wildman–Crippen LogP) is 4.89. The normalized spacial score (nSPS) is 30.7. The molecule has 5 fully saturated rings. The van der Waals surface area contributed by atoms with Gasteiger partial charge in [0.05, 0.1) is 5.69 Å². The summed E-state index contributed by atoms with van der Waals surface area (Å²) >= 11 is 0. The van der Waals surface area contributed by atoms with Crippen LogP contribution in [-0.2, 0) is 15.0 Å². The first-order chi connectivity index (χ1) is 16.8. The molecule has 6 nitrogen and oxygen atoms in total. The van der Waals surface area contributed by atoms with Crippen molar-refractivity contribution < 1.29 is 14.4 Å². The molecule has 0 spiro atoms. The molecule has 6 heteroatoms. The zero-order valence-electron chi connectivity index (χ0n) is 20.3. The van der Waals surface area contributed by atoms with Crippen molar-refractivity contribution in [1.82, 2.24) is 5.32 Å². The minimum Gasteiger partial charge on any atom is -0.378 e. The summed E-state index contributed by atoms with van der Waals surface area (Å²) in [5.41, 5.74) is 3.76. The van der Waals surface area contributed by atoms with Crippen molar-refractivity contribution in [3.8, 4) is 0 Å². The molecule has 1 saturated heterocycles. The highest BCUT2D eigenvalue weighted by Crippen LogP contribution is 2.60. The summed E-state index contributed by atoms with van der Waals surface area (Å²) in [6.07, 6.45) is 9.49. The molecular weight excluding hydrogens is 438 g/mol. The predicted molar refractivity (Wildman–Crippen MR) is 136 cm³/mol. The van der Waals surface area contributed by atoms with Crippen LogP contribution in [0.4, 0.5) is 16.2 Å². The average molecular weight is 470 g/mol. The number of carbonyl (C=O) groups excluding carboxylic acids is 3. The van der Waals surface area contributed by atoms with Gasteiger partial charge in [-0.25, -0.2) is 9.69 Å². The van der Waals surface area contributed by atoms with Gasteiger partial charge in [0.2, 0.25) is 0 Å². The Morgan fingerprint density at radius 3 is 1.97 bits per heavy atom. The smallest absolute Gasteiger partial charge is 0.335 e. The number of urea groups is 1. The van der Waals surface area contributed by atoms with Gasteiger partial charge in [0.1, 0.15) is 5.57 Å². The number of carbonyl (C=O) groups is 3. The Labute approximate surface area is 206 Å². The maximum Gasteiger partial charge on any atom is 0.335 e.